The van der Waals surface area contributed by atoms with Crippen LogP contribution in [0.15, 0.2) is 0 Å². The Morgan fingerprint density at radius 2 is 2.19 bits per heavy atom. The first-order chi connectivity index (χ1) is 7.39. The van der Waals surface area contributed by atoms with Crippen molar-refractivity contribution in [3.63, 3.8) is 0 Å². The second-order valence-electron chi connectivity index (χ2n) is 4.48. The van der Waals surface area contributed by atoms with Gasteiger partial charge in [0.25, 0.3) is 10.2 Å². The van der Waals surface area contributed by atoms with Crippen molar-refractivity contribution in [1.82, 2.24) is 8.61 Å². The number of hydrogen-bond donors (Lipinski definition) is 1. The summed E-state index contributed by atoms with van der Waals surface area (Å²) in [7, 11) is -1.71. The molecule has 0 bridgehead atoms. The largest absolute Gasteiger partial charge is 0.393 e. The fraction of sp³-hybridized carbons (Fsp3) is 1.00. The van der Waals surface area contributed by atoms with Gasteiger partial charge in [-0.05, 0) is 25.7 Å². The molecule has 1 aliphatic heterocycles. The number of aliphatic hydroxyl groups excluding tert-OH is 1. The Morgan fingerprint density at radius 3 is 2.62 bits per heavy atom. The quantitative estimate of drug-likeness (QED) is 0.762. The monoisotopic (exact) mass is 250 g/mol. The Bertz CT molecular complexity index is 316. The molecule has 5 nitrogen and oxygen atoms in total. The smallest absolute Gasteiger partial charge is 0.281 e. The molecule has 0 aromatic heterocycles. The highest BCUT2D eigenvalue weighted by molar-refractivity contribution is 7.86. The zero-order valence-electron chi connectivity index (χ0n) is 10.3. The van der Waals surface area contributed by atoms with E-state index >= 15 is 0 Å². The van der Waals surface area contributed by atoms with E-state index in [-0.39, 0.29) is 5.92 Å². The Balaban J connectivity index is 2.65. The molecule has 0 saturated carbocycles. The van der Waals surface area contributed by atoms with E-state index in [9.17, 15) is 13.5 Å². The Morgan fingerprint density at radius 1 is 1.56 bits per heavy atom. The third-order valence-electron chi connectivity index (χ3n) is 3.13. The van der Waals surface area contributed by atoms with Gasteiger partial charge in [-0.25, -0.2) is 0 Å². The summed E-state index contributed by atoms with van der Waals surface area (Å²) in [5.41, 5.74) is 0. The van der Waals surface area contributed by atoms with E-state index in [4.69, 9.17) is 0 Å². The van der Waals surface area contributed by atoms with Crippen LogP contribution >= 0.6 is 0 Å². The van der Waals surface area contributed by atoms with E-state index in [1.54, 1.807) is 14.0 Å². The van der Waals surface area contributed by atoms with E-state index in [1.165, 1.54) is 8.61 Å². The average molecular weight is 250 g/mol. The molecule has 1 N–H and O–H groups in total. The van der Waals surface area contributed by atoms with E-state index < -0.39 is 16.3 Å². The fourth-order valence-corrected chi connectivity index (χ4v) is 3.51. The molecule has 1 heterocycles. The lowest BCUT2D eigenvalue weighted by Gasteiger charge is -2.24. The molecule has 0 aliphatic carbocycles. The molecule has 0 aromatic rings. The average Bonchev–Trinajstić information content (AvgIpc) is 2.67. The minimum absolute atomic E-state index is 0.0739. The molecule has 16 heavy (non-hydrogen) atoms. The van der Waals surface area contributed by atoms with Gasteiger partial charge in [-0.1, -0.05) is 6.92 Å². The van der Waals surface area contributed by atoms with Crippen LogP contribution in [0.2, 0.25) is 0 Å². The maximum atomic E-state index is 12.1. The van der Waals surface area contributed by atoms with Crippen LogP contribution in [0.1, 0.15) is 26.7 Å². The summed E-state index contributed by atoms with van der Waals surface area (Å²) in [4.78, 5) is 0. The number of aliphatic hydroxyl groups is 1. The predicted molar refractivity (Wildman–Crippen MR) is 63.2 cm³/mol. The van der Waals surface area contributed by atoms with Crippen LogP contribution in [0, 0.1) is 5.92 Å². The fourth-order valence-electron chi connectivity index (χ4n) is 1.98. The lowest BCUT2D eigenvalue weighted by Crippen LogP contribution is -2.41. The minimum atomic E-state index is -3.31. The minimum Gasteiger partial charge on any atom is -0.393 e. The van der Waals surface area contributed by atoms with Gasteiger partial charge in [0.15, 0.2) is 0 Å². The van der Waals surface area contributed by atoms with Gasteiger partial charge in [-0.15, -0.1) is 0 Å². The maximum absolute atomic E-state index is 12.1. The van der Waals surface area contributed by atoms with Crippen molar-refractivity contribution in [2.45, 2.75) is 32.8 Å². The van der Waals surface area contributed by atoms with Crippen LogP contribution in [0.3, 0.4) is 0 Å². The highest BCUT2D eigenvalue weighted by Gasteiger charge is 2.35. The normalized spacial score (nSPS) is 25.2. The standard InChI is InChI=1S/C10H22N2O3S/c1-4-6-11(3)16(14,15)12-7-5-10(8-12)9(2)13/h9-10,13H,4-8H2,1-3H3. The summed E-state index contributed by atoms with van der Waals surface area (Å²) < 4.78 is 27.0. The molecule has 1 aliphatic rings. The highest BCUT2D eigenvalue weighted by Crippen LogP contribution is 2.23. The Labute approximate surface area is 98.2 Å². The van der Waals surface area contributed by atoms with E-state index in [0.29, 0.717) is 19.6 Å². The number of nitrogens with zero attached hydrogens (tertiary/aromatic N) is 2. The zero-order valence-corrected chi connectivity index (χ0v) is 11.1. The van der Waals surface area contributed by atoms with Crippen molar-refractivity contribution < 1.29 is 13.5 Å². The van der Waals surface area contributed by atoms with Crippen LogP contribution < -0.4 is 0 Å². The van der Waals surface area contributed by atoms with Crippen LogP contribution in [-0.2, 0) is 10.2 Å². The van der Waals surface area contributed by atoms with Gasteiger partial charge in [0, 0.05) is 26.7 Å². The van der Waals surface area contributed by atoms with E-state index in [2.05, 4.69) is 0 Å². The molecule has 1 saturated heterocycles. The van der Waals surface area contributed by atoms with Crippen molar-refractivity contribution in [3.8, 4) is 0 Å². The summed E-state index contributed by atoms with van der Waals surface area (Å²) in [6.45, 7) is 5.17. The van der Waals surface area contributed by atoms with Crippen LogP contribution in [0.4, 0.5) is 0 Å². The third-order valence-corrected chi connectivity index (χ3v) is 5.08. The number of rotatable bonds is 5. The second-order valence-corrected chi connectivity index (χ2v) is 6.51. The lowest BCUT2D eigenvalue weighted by molar-refractivity contribution is 0.132. The van der Waals surface area contributed by atoms with Gasteiger partial charge >= 0.3 is 0 Å². The summed E-state index contributed by atoms with van der Waals surface area (Å²) in [6, 6.07) is 0. The van der Waals surface area contributed by atoms with E-state index in [0.717, 1.165) is 12.8 Å². The van der Waals surface area contributed by atoms with Crippen molar-refractivity contribution >= 4 is 10.2 Å². The van der Waals surface area contributed by atoms with Gasteiger partial charge in [0.2, 0.25) is 0 Å². The molecule has 2 unspecified atom stereocenters. The zero-order chi connectivity index (χ0) is 12.3. The molecular weight excluding hydrogens is 228 g/mol. The summed E-state index contributed by atoms with van der Waals surface area (Å²) in [6.07, 6.45) is 1.12. The molecule has 1 fully saturated rings. The summed E-state index contributed by atoms with van der Waals surface area (Å²) in [5.74, 6) is 0.0739. The summed E-state index contributed by atoms with van der Waals surface area (Å²) >= 11 is 0. The van der Waals surface area contributed by atoms with Crippen molar-refractivity contribution in [3.05, 3.63) is 0 Å². The van der Waals surface area contributed by atoms with Gasteiger partial charge in [0.05, 0.1) is 6.10 Å². The van der Waals surface area contributed by atoms with Gasteiger partial charge in [-0.3, -0.25) is 0 Å². The van der Waals surface area contributed by atoms with Gasteiger partial charge in [-0.2, -0.15) is 17.0 Å². The molecule has 2 atom stereocenters. The van der Waals surface area contributed by atoms with E-state index in [1.807, 2.05) is 6.92 Å². The first-order valence-corrected chi connectivity index (χ1v) is 7.18. The molecule has 96 valence electrons. The summed E-state index contributed by atoms with van der Waals surface area (Å²) in [5, 5.41) is 9.44. The third kappa shape index (κ3) is 2.94. The van der Waals surface area contributed by atoms with Crippen LogP contribution in [0.5, 0.6) is 0 Å². The van der Waals surface area contributed by atoms with Crippen molar-refractivity contribution in [2.24, 2.45) is 5.92 Å². The lowest BCUT2D eigenvalue weighted by atomic mass is 10.0. The molecular formula is C10H22N2O3S. The second kappa shape index (κ2) is 5.44. The Hall–Kier alpha value is -0.170. The van der Waals surface area contributed by atoms with Gasteiger partial charge < -0.3 is 5.11 Å². The molecule has 1 rings (SSSR count). The maximum Gasteiger partial charge on any atom is 0.281 e. The van der Waals surface area contributed by atoms with Crippen molar-refractivity contribution in [1.29, 1.82) is 0 Å². The molecule has 0 amide bonds. The molecule has 0 spiro atoms. The van der Waals surface area contributed by atoms with Gasteiger partial charge in [0.1, 0.15) is 0 Å². The number of hydrogen-bond acceptors (Lipinski definition) is 3. The van der Waals surface area contributed by atoms with Crippen molar-refractivity contribution in [2.75, 3.05) is 26.7 Å². The Kier molecular flexibility index (Phi) is 4.73. The molecule has 0 aromatic carbocycles. The predicted octanol–water partition coefficient (Wildman–Crippen LogP) is 0.276. The first kappa shape index (κ1) is 13.9. The first-order valence-electron chi connectivity index (χ1n) is 5.79. The highest BCUT2D eigenvalue weighted by atomic mass is 32.2. The van der Waals surface area contributed by atoms with Crippen LogP contribution in [0.25, 0.3) is 0 Å². The molecule has 6 heteroatoms. The topological polar surface area (TPSA) is 60.9 Å². The van der Waals surface area contributed by atoms with Crippen LogP contribution in [-0.4, -0.2) is 54.9 Å². The molecule has 0 radical (unpaired) electrons. The SMILES string of the molecule is CCCN(C)S(=O)(=O)N1CCC(C(C)O)C1.